The first kappa shape index (κ1) is 26.2. The first-order chi connectivity index (χ1) is 14.1. The molecule has 0 aliphatic heterocycles. The van der Waals surface area contributed by atoms with Gasteiger partial charge in [0.1, 0.15) is 12.4 Å². The Hall–Kier alpha value is -1.84. The first-order valence-corrected chi connectivity index (χ1v) is 12.2. The van der Waals surface area contributed by atoms with Gasteiger partial charge in [0, 0.05) is 45.4 Å². The van der Waals surface area contributed by atoms with Gasteiger partial charge in [-0.3, -0.25) is 4.79 Å². The van der Waals surface area contributed by atoms with Gasteiger partial charge >= 0.3 is 5.97 Å². The Kier molecular flexibility index (Phi) is 11.8. The lowest BCUT2D eigenvalue weighted by atomic mass is 10.1. The summed E-state index contributed by atoms with van der Waals surface area (Å²) in [5.74, 6) is -0.124. The second-order valence-corrected chi connectivity index (χ2v) is 9.70. The van der Waals surface area contributed by atoms with Crippen molar-refractivity contribution in [1.29, 1.82) is 0 Å². The molecule has 0 radical (unpaired) electrons. The second kappa shape index (κ2) is 13.5. The molecule has 1 atom stereocenters. The number of aliphatic hydroxyl groups excluding tert-OH is 1. The Morgan fingerprint density at radius 1 is 1.10 bits per heavy atom. The minimum absolute atomic E-state index is 0.148. The molecule has 1 aromatic carbocycles. The highest BCUT2D eigenvalue weighted by Gasteiger charge is 2.16. The molecule has 0 fully saturated rings. The number of aliphatic hydroxyl groups is 1. The summed E-state index contributed by atoms with van der Waals surface area (Å²) in [5.41, 5.74) is 1.01. The molecule has 0 aliphatic rings. The summed E-state index contributed by atoms with van der Waals surface area (Å²) in [5, 5.41) is 18.8. The van der Waals surface area contributed by atoms with E-state index < -0.39 is 22.1 Å². The van der Waals surface area contributed by atoms with E-state index in [1.165, 1.54) is 10.6 Å². The molecule has 2 N–H and O–H groups in total. The topological polar surface area (TPSA) is 107 Å². The van der Waals surface area contributed by atoms with Gasteiger partial charge < -0.3 is 19.8 Å². The number of benzene rings is 1. The van der Waals surface area contributed by atoms with Crippen molar-refractivity contribution in [3.63, 3.8) is 0 Å². The normalized spacial score (nSPS) is 12.7. The van der Waals surface area contributed by atoms with Crippen molar-refractivity contribution in [3.8, 4) is 5.75 Å². The zero-order valence-corrected chi connectivity index (χ0v) is 19.1. The van der Waals surface area contributed by atoms with Crippen molar-refractivity contribution in [1.82, 2.24) is 4.31 Å². The maximum absolute atomic E-state index is 12.0. The summed E-state index contributed by atoms with van der Waals surface area (Å²) in [7, 11) is 0.568. The molecule has 8 nitrogen and oxygen atoms in total. The number of anilines is 1. The zero-order valence-electron chi connectivity index (χ0n) is 18.3. The van der Waals surface area contributed by atoms with E-state index in [9.17, 15) is 18.3 Å². The van der Waals surface area contributed by atoms with Gasteiger partial charge in [-0.1, -0.05) is 18.9 Å². The smallest absolute Gasteiger partial charge is 0.303 e. The molecule has 0 amide bonds. The highest BCUT2D eigenvalue weighted by molar-refractivity contribution is 7.88. The number of hydrogen-bond acceptors (Lipinski definition) is 6. The number of ether oxygens (including phenoxy) is 1. The number of carboxylic acids is 1. The van der Waals surface area contributed by atoms with Crippen LogP contribution in [-0.4, -0.2) is 75.1 Å². The minimum atomic E-state index is -3.32. The summed E-state index contributed by atoms with van der Waals surface area (Å²) in [6.45, 7) is 0.913. The van der Waals surface area contributed by atoms with Crippen LogP contribution < -0.4 is 9.64 Å². The molecule has 172 valence electrons. The van der Waals surface area contributed by atoms with Crippen LogP contribution in [-0.2, 0) is 14.8 Å². The molecular formula is C21H36N2O6S. The maximum atomic E-state index is 12.0. The predicted octanol–water partition coefficient (Wildman–Crippen LogP) is 2.57. The molecule has 1 unspecified atom stereocenters. The number of unbranched alkanes of at least 4 members (excludes halogenated alkanes) is 3. The third-order valence-electron chi connectivity index (χ3n) is 4.74. The Morgan fingerprint density at radius 2 is 1.77 bits per heavy atom. The van der Waals surface area contributed by atoms with Crippen molar-refractivity contribution >= 4 is 21.7 Å². The second-order valence-electron chi connectivity index (χ2n) is 7.72. The van der Waals surface area contributed by atoms with Crippen LogP contribution in [0.2, 0.25) is 0 Å². The molecule has 0 heterocycles. The fraction of sp³-hybridized carbons (Fsp3) is 0.667. The van der Waals surface area contributed by atoms with Crippen molar-refractivity contribution in [2.75, 3.05) is 44.9 Å². The van der Waals surface area contributed by atoms with Gasteiger partial charge in [0.05, 0.1) is 12.4 Å². The molecule has 0 bridgehead atoms. The van der Waals surface area contributed by atoms with Crippen molar-refractivity contribution in [3.05, 3.63) is 24.3 Å². The van der Waals surface area contributed by atoms with E-state index in [1.807, 2.05) is 43.3 Å². The Labute approximate surface area is 180 Å². The van der Waals surface area contributed by atoms with Crippen LogP contribution >= 0.6 is 0 Å². The molecule has 0 aliphatic carbocycles. The largest absolute Gasteiger partial charge is 0.491 e. The Balaban J connectivity index is 2.32. The molecule has 0 aromatic heterocycles. The van der Waals surface area contributed by atoms with Gasteiger partial charge in [-0.05, 0) is 37.8 Å². The molecule has 1 aromatic rings. The third kappa shape index (κ3) is 11.4. The van der Waals surface area contributed by atoms with Gasteiger partial charge in [-0.25, -0.2) is 12.7 Å². The standard InChI is InChI=1S/C21H36N2O6S/c1-22(2)18-10-8-12-20(16-18)29-17-19(24)11-9-15-23(30(3,27)28)14-7-5-4-6-13-21(25)26/h8,10,12,16,19,24H,4-7,9,11,13-15,17H2,1-3H3,(H,25,26). The van der Waals surface area contributed by atoms with E-state index in [4.69, 9.17) is 9.84 Å². The highest BCUT2D eigenvalue weighted by atomic mass is 32.2. The van der Waals surface area contributed by atoms with Crippen LogP contribution in [0.3, 0.4) is 0 Å². The van der Waals surface area contributed by atoms with E-state index in [0.717, 1.165) is 18.5 Å². The van der Waals surface area contributed by atoms with Gasteiger partial charge in [0.15, 0.2) is 0 Å². The summed E-state index contributed by atoms with van der Waals surface area (Å²) in [6.07, 6.45) is 4.51. The number of hydrogen-bond donors (Lipinski definition) is 2. The third-order valence-corrected chi connectivity index (χ3v) is 6.04. The molecule has 30 heavy (non-hydrogen) atoms. The minimum Gasteiger partial charge on any atom is -0.491 e. The van der Waals surface area contributed by atoms with Crippen LogP contribution in [0, 0.1) is 0 Å². The molecule has 0 spiro atoms. The number of rotatable bonds is 16. The predicted molar refractivity (Wildman–Crippen MR) is 119 cm³/mol. The maximum Gasteiger partial charge on any atom is 0.303 e. The van der Waals surface area contributed by atoms with Crippen molar-refractivity contribution < 1.29 is 28.2 Å². The molecule has 0 saturated heterocycles. The van der Waals surface area contributed by atoms with E-state index in [2.05, 4.69) is 0 Å². The highest BCUT2D eigenvalue weighted by Crippen LogP contribution is 2.19. The fourth-order valence-corrected chi connectivity index (χ4v) is 3.91. The van der Waals surface area contributed by atoms with E-state index >= 15 is 0 Å². The zero-order chi connectivity index (χ0) is 22.6. The van der Waals surface area contributed by atoms with Crippen molar-refractivity contribution in [2.45, 2.75) is 51.0 Å². The quantitative estimate of drug-likeness (QED) is 0.377. The molecule has 9 heteroatoms. The fourth-order valence-electron chi connectivity index (χ4n) is 2.99. The summed E-state index contributed by atoms with van der Waals surface area (Å²) >= 11 is 0. The SMILES string of the molecule is CN(C)c1cccc(OCC(O)CCCN(CCCCCCC(=O)O)S(C)(=O)=O)c1. The van der Waals surface area contributed by atoms with Crippen molar-refractivity contribution in [2.24, 2.45) is 0 Å². The van der Waals surface area contributed by atoms with Gasteiger partial charge in [0.25, 0.3) is 0 Å². The number of carboxylic acid groups (broad SMARTS) is 1. The lowest BCUT2D eigenvalue weighted by Gasteiger charge is -2.21. The summed E-state index contributed by atoms with van der Waals surface area (Å²) < 4.78 is 31.0. The van der Waals surface area contributed by atoms with Gasteiger partial charge in [-0.2, -0.15) is 0 Å². The monoisotopic (exact) mass is 444 g/mol. The molecule has 1 rings (SSSR count). The van der Waals surface area contributed by atoms with Gasteiger partial charge in [0.2, 0.25) is 10.0 Å². The number of sulfonamides is 1. The van der Waals surface area contributed by atoms with Crippen LogP contribution in [0.15, 0.2) is 24.3 Å². The van der Waals surface area contributed by atoms with Gasteiger partial charge in [-0.15, -0.1) is 0 Å². The van der Waals surface area contributed by atoms with Crippen LogP contribution in [0.1, 0.15) is 44.9 Å². The Morgan fingerprint density at radius 3 is 2.40 bits per heavy atom. The summed E-state index contributed by atoms with van der Waals surface area (Å²) in [6, 6.07) is 7.59. The lowest BCUT2D eigenvalue weighted by molar-refractivity contribution is -0.137. The van der Waals surface area contributed by atoms with Crippen LogP contribution in [0.4, 0.5) is 5.69 Å². The summed E-state index contributed by atoms with van der Waals surface area (Å²) in [4.78, 5) is 12.5. The van der Waals surface area contributed by atoms with Crippen LogP contribution in [0.5, 0.6) is 5.75 Å². The Bertz CT molecular complexity index is 739. The number of nitrogens with zero attached hydrogens (tertiary/aromatic N) is 2. The number of aliphatic carboxylic acids is 1. The number of carbonyl (C=O) groups is 1. The average Bonchev–Trinajstić information content (AvgIpc) is 2.66. The van der Waals surface area contributed by atoms with E-state index in [0.29, 0.717) is 44.5 Å². The first-order valence-electron chi connectivity index (χ1n) is 10.3. The van der Waals surface area contributed by atoms with E-state index in [-0.39, 0.29) is 13.0 Å². The van der Waals surface area contributed by atoms with Crippen LogP contribution in [0.25, 0.3) is 0 Å². The molecular weight excluding hydrogens is 408 g/mol. The lowest BCUT2D eigenvalue weighted by Crippen LogP contribution is -2.32. The molecule has 0 saturated carbocycles. The average molecular weight is 445 g/mol. The van der Waals surface area contributed by atoms with E-state index in [1.54, 1.807) is 0 Å².